The van der Waals surface area contributed by atoms with E-state index in [4.69, 9.17) is 21.7 Å². The summed E-state index contributed by atoms with van der Waals surface area (Å²) in [6, 6.07) is 6.83. The summed E-state index contributed by atoms with van der Waals surface area (Å²) in [6.07, 6.45) is 4.98. The summed E-state index contributed by atoms with van der Waals surface area (Å²) in [4.78, 5) is 2.33. The van der Waals surface area contributed by atoms with Crippen molar-refractivity contribution in [3.63, 3.8) is 0 Å². The standard InChI is InChI=1S/C18H28N2O2S/c1-13(2)19-18(23)20(15-7-5-6-8-15)12-14-9-10-16(21-3)11-17(14)22-4/h9-11,13,15H,5-8,12H2,1-4H3,(H,19,23). The Kier molecular flexibility index (Phi) is 6.51. The SMILES string of the molecule is COc1ccc(CN(C(=S)NC(C)C)C2CCCC2)c(OC)c1. The summed E-state index contributed by atoms with van der Waals surface area (Å²) < 4.78 is 10.8. The van der Waals surface area contributed by atoms with Crippen LogP contribution < -0.4 is 14.8 Å². The van der Waals surface area contributed by atoms with Gasteiger partial charge in [0.05, 0.1) is 14.2 Å². The molecule has 1 aliphatic rings. The molecule has 4 nitrogen and oxygen atoms in total. The van der Waals surface area contributed by atoms with E-state index in [2.05, 4.69) is 30.1 Å². The Morgan fingerprint density at radius 3 is 2.52 bits per heavy atom. The number of ether oxygens (including phenoxy) is 2. The molecular formula is C18H28N2O2S. The molecule has 1 aliphatic carbocycles. The number of rotatable bonds is 6. The second-order valence-electron chi connectivity index (χ2n) is 6.35. The zero-order valence-corrected chi connectivity index (χ0v) is 15.4. The number of hydrogen-bond donors (Lipinski definition) is 1. The number of nitrogens with one attached hydrogen (secondary N) is 1. The van der Waals surface area contributed by atoms with Crippen LogP contribution in [0.4, 0.5) is 0 Å². The Morgan fingerprint density at radius 2 is 1.96 bits per heavy atom. The fraction of sp³-hybridized carbons (Fsp3) is 0.611. The molecule has 0 amide bonds. The largest absolute Gasteiger partial charge is 0.497 e. The van der Waals surface area contributed by atoms with E-state index in [1.165, 1.54) is 25.7 Å². The van der Waals surface area contributed by atoms with E-state index in [9.17, 15) is 0 Å². The van der Waals surface area contributed by atoms with Gasteiger partial charge in [-0.2, -0.15) is 0 Å². The van der Waals surface area contributed by atoms with Gasteiger partial charge in [-0.3, -0.25) is 0 Å². The van der Waals surface area contributed by atoms with Crippen LogP contribution in [0, 0.1) is 0 Å². The fourth-order valence-corrected chi connectivity index (χ4v) is 3.53. The third-order valence-electron chi connectivity index (χ3n) is 4.27. The van der Waals surface area contributed by atoms with E-state index in [-0.39, 0.29) is 0 Å². The van der Waals surface area contributed by atoms with Gasteiger partial charge in [0.2, 0.25) is 0 Å². The molecule has 23 heavy (non-hydrogen) atoms. The van der Waals surface area contributed by atoms with Gasteiger partial charge in [-0.05, 0) is 51.0 Å². The van der Waals surface area contributed by atoms with Crippen LogP contribution in [0.1, 0.15) is 45.1 Å². The van der Waals surface area contributed by atoms with Crippen LogP contribution in [0.25, 0.3) is 0 Å². The van der Waals surface area contributed by atoms with E-state index in [0.29, 0.717) is 12.1 Å². The Hall–Kier alpha value is -1.49. The summed E-state index contributed by atoms with van der Waals surface area (Å²) in [5.41, 5.74) is 1.13. The first-order valence-electron chi connectivity index (χ1n) is 8.33. The van der Waals surface area contributed by atoms with Crippen LogP contribution in [-0.2, 0) is 6.54 Å². The van der Waals surface area contributed by atoms with Crippen molar-refractivity contribution >= 4 is 17.3 Å². The zero-order chi connectivity index (χ0) is 16.8. The molecule has 1 aromatic carbocycles. The minimum absolute atomic E-state index is 0.337. The molecular weight excluding hydrogens is 308 g/mol. The summed E-state index contributed by atoms with van der Waals surface area (Å²) >= 11 is 5.66. The lowest BCUT2D eigenvalue weighted by Crippen LogP contribution is -2.46. The summed E-state index contributed by atoms with van der Waals surface area (Å²) in [7, 11) is 3.36. The van der Waals surface area contributed by atoms with Crippen molar-refractivity contribution in [3.05, 3.63) is 23.8 Å². The van der Waals surface area contributed by atoms with Crippen molar-refractivity contribution < 1.29 is 9.47 Å². The zero-order valence-electron chi connectivity index (χ0n) is 14.6. The minimum Gasteiger partial charge on any atom is -0.497 e. The van der Waals surface area contributed by atoms with Crippen LogP contribution in [0.2, 0.25) is 0 Å². The van der Waals surface area contributed by atoms with E-state index in [0.717, 1.165) is 28.7 Å². The Labute approximate surface area is 145 Å². The Morgan fingerprint density at radius 1 is 1.26 bits per heavy atom. The van der Waals surface area contributed by atoms with E-state index < -0.39 is 0 Å². The molecule has 0 atom stereocenters. The first-order chi connectivity index (χ1) is 11.0. The van der Waals surface area contributed by atoms with E-state index >= 15 is 0 Å². The lowest BCUT2D eigenvalue weighted by atomic mass is 10.1. The minimum atomic E-state index is 0.337. The summed E-state index contributed by atoms with van der Waals surface area (Å²) in [6.45, 7) is 5.00. The lowest BCUT2D eigenvalue weighted by Gasteiger charge is -2.33. The molecule has 1 aromatic rings. The number of thiocarbonyl (C=S) groups is 1. The first-order valence-corrected chi connectivity index (χ1v) is 8.74. The average Bonchev–Trinajstić information content (AvgIpc) is 3.05. The summed E-state index contributed by atoms with van der Waals surface area (Å²) in [5.74, 6) is 1.65. The molecule has 0 bridgehead atoms. The lowest BCUT2D eigenvalue weighted by molar-refractivity contribution is 0.295. The van der Waals surface area contributed by atoms with E-state index in [1.54, 1.807) is 14.2 Å². The highest BCUT2D eigenvalue weighted by atomic mass is 32.1. The summed E-state index contributed by atoms with van der Waals surface area (Å²) in [5, 5.41) is 4.23. The van der Waals surface area contributed by atoms with Crippen molar-refractivity contribution in [1.29, 1.82) is 0 Å². The normalized spacial score (nSPS) is 14.8. The second-order valence-corrected chi connectivity index (χ2v) is 6.73. The van der Waals surface area contributed by atoms with Crippen molar-refractivity contribution in [2.45, 2.75) is 58.2 Å². The third kappa shape index (κ3) is 4.74. The van der Waals surface area contributed by atoms with Crippen LogP contribution in [0.15, 0.2) is 18.2 Å². The van der Waals surface area contributed by atoms with Gasteiger partial charge < -0.3 is 19.7 Å². The quantitative estimate of drug-likeness (QED) is 0.801. The molecule has 1 N–H and O–H groups in total. The van der Waals surface area contributed by atoms with Crippen molar-refractivity contribution in [3.8, 4) is 11.5 Å². The molecule has 0 aromatic heterocycles. The Balaban J connectivity index is 2.21. The number of benzene rings is 1. The van der Waals surface area contributed by atoms with Gasteiger partial charge in [-0.25, -0.2) is 0 Å². The molecule has 0 saturated heterocycles. The third-order valence-corrected chi connectivity index (χ3v) is 4.63. The molecule has 0 aliphatic heterocycles. The number of methoxy groups -OCH3 is 2. The maximum Gasteiger partial charge on any atom is 0.169 e. The molecule has 0 radical (unpaired) electrons. The second kappa shape index (κ2) is 8.39. The topological polar surface area (TPSA) is 33.7 Å². The van der Waals surface area contributed by atoms with Gasteiger partial charge in [0, 0.05) is 30.3 Å². The van der Waals surface area contributed by atoms with Crippen LogP contribution >= 0.6 is 12.2 Å². The monoisotopic (exact) mass is 336 g/mol. The maximum absolute atomic E-state index is 5.66. The van der Waals surface area contributed by atoms with Crippen LogP contribution in [0.3, 0.4) is 0 Å². The smallest absolute Gasteiger partial charge is 0.169 e. The van der Waals surface area contributed by atoms with Crippen molar-refractivity contribution in [2.75, 3.05) is 14.2 Å². The van der Waals surface area contributed by atoms with Gasteiger partial charge >= 0.3 is 0 Å². The predicted molar refractivity (Wildman–Crippen MR) is 98.2 cm³/mol. The number of hydrogen-bond acceptors (Lipinski definition) is 3. The Bertz CT molecular complexity index is 528. The molecule has 1 fully saturated rings. The predicted octanol–water partition coefficient (Wildman–Crippen LogP) is 3.73. The molecule has 0 unspecified atom stereocenters. The maximum atomic E-state index is 5.66. The van der Waals surface area contributed by atoms with Crippen molar-refractivity contribution in [2.24, 2.45) is 0 Å². The first kappa shape index (κ1) is 17.9. The molecule has 128 valence electrons. The number of nitrogens with zero attached hydrogens (tertiary/aromatic N) is 1. The molecule has 2 rings (SSSR count). The highest BCUT2D eigenvalue weighted by Crippen LogP contribution is 2.29. The van der Waals surface area contributed by atoms with Crippen LogP contribution in [-0.4, -0.2) is 36.3 Å². The highest BCUT2D eigenvalue weighted by molar-refractivity contribution is 7.80. The average molecular weight is 337 g/mol. The van der Waals surface area contributed by atoms with E-state index in [1.807, 2.05) is 12.1 Å². The van der Waals surface area contributed by atoms with Crippen LogP contribution in [0.5, 0.6) is 11.5 Å². The van der Waals surface area contributed by atoms with Crippen molar-refractivity contribution in [1.82, 2.24) is 10.2 Å². The van der Waals surface area contributed by atoms with Gasteiger partial charge in [0.15, 0.2) is 5.11 Å². The van der Waals surface area contributed by atoms with Gasteiger partial charge in [0.1, 0.15) is 11.5 Å². The highest BCUT2D eigenvalue weighted by Gasteiger charge is 2.26. The fourth-order valence-electron chi connectivity index (χ4n) is 3.08. The van der Waals surface area contributed by atoms with Gasteiger partial charge in [0.25, 0.3) is 0 Å². The molecule has 1 saturated carbocycles. The van der Waals surface area contributed by atoms with Gasteiger partial charge in [-0.1, -0.05) is 12.8 Å². The van der Waals surface area contributed by atoms with Gasteiger partial charge in [-0.15, -0.1) is 0 Å². The molecule has 0 heterocycles. The molecule has 0 spiro atoms. The molecule has 5 heteroatoms.